The van der Waals surface area contributed by atoms with Crippen molar-refractivity contribution in [3.8, 4) is 0 Å². The van der Waals surface area contributed by atoms with E-state index >= 15 is 0 Å². The normalized spacial score (nSPS) is 23.6. The Morgan fingerprint density at radius 2 is 1.80 bits per heavy atom. The van der Waals surface area contributed by atoms with Crippen molar-refractivity contribution in [3.05, 3.63) is 0 Å². The first kappa shape index (κ1) is 11.6. The van der Waals surface area contributed by atoms with Crippen LogP contribution in [0.2, 0.25) is 6.04 Å². The maximum atomic E-state index is 5.71. The number of hydrogen-bond donors (Lipinski definition) is 0. The first-order valence-corrected chi connectivity index (χ1v) is 7.72. The molecule has 88 valence electrons. The molecule has 0 aromatic heterocycles. The zero-order chi connectivity index (χ0) is 10.5. The molecule has 0 radical (unpaired) electrons. The summed E-state index contributed by atoms with van der Waals surface area (Å²) in [7, 11) is -0.295. The number of ether oxygens (including phenoxy) is 2. The van der Waals surface area contributed by atoms with Crippen molar-refractivity contribution < 1.29 is 13.9 Å². The fourth-order valence-electron chi connectivity index (χ4n) is 2.32. The minimum absolute atomic E-state index is 0.295. The largest absolute Gasteiger partial charge is 0.424 e. The van der Waals surface area contributed by atoms with E-state index in [0.717, 1.165) is 57.2 Å². The topological polar surface area (TPSA) is 27.7 Å². The molecule has 2 heterocycles. The van der Waals surface area contributed by atoms with Crippen LogP contribution < -0.4 is 0 Å². The van der Waals surface area contributed by atoms with E-state index < -0.39 is 0 Å². The van der Waals surface area contributed by atoms with Gasteiger partial charge in [0.1, 0.15) is 0 Å². The van der Waals surface area contributed by atoms with Gasteiger partial charge in [-0.15, -0.1) is 0 Å². The van der Waals surface area contributed by atoms with E-state index in [9.17, 15) is 0 Å². The number of hydrogen-bond acceptors (Lipinski definition) is 3. The summed E-state index contributed by atoms with van der Waals surface area (Å²) in [6.45, 7) is 7.03. The van der Waals surface area contributed by atoms with Crippen LogP contribution >= 0.6 is 0 Å². The summed E-state index contributed by atoms with van der Waals surface area (Å²) in [6.07, 6.45) is 1.15. The van der Waals surface area contributed by atoms with Gasteiger partial charge in [0.05, 0.1) is 26.4 Å². The summed E-state index contributed by atoms with van der Waals surface area (Å²) in [5, 5.41) is 0. The van der Waals surface area contributed by atoms with Crippen molar-refractivity contribution >= 4 is 9.76 Å². The molecule has 0 N–H and O–H groups in total. The first-order chi connectivity index (χ1) is 7.42. The highest BCUT2D eigenvalue weighted by atomic mass is 28.2. The van der Waals surface area contributed by atoms with Crippen molar-refractivity contribution in [1.82, 2.24) is 0 Å². The zero-order valence-corrected chi connectivity index (χ0v) is 11.0. The Balaban J connectivity index is 1.67. The molecule has 0 unspecified atom stereocenters. The van der Waals surface area contributed by atoms with Crippen LogP contribution in [0.3, 0.4) is 0 Å². The Labute approximate surface area is 94.4 Å². The molecule has 0 amide bonds. The molecule has 2 saturated heterocycles. The maximum Gasteiger partial charge on any atom is 0.161 e. The maximum absolute atomic E-state index is 5.71. The minimum atomic E-state index is -0.295. The van der Waals surface area contributed by atoms with Gasteiger partial charge in [0.15, 0.2) is 9.76 Å². The summed E-state index contributed by atoms with van der Waals surface area (Å²) in [5.41, 5.74) is 0. The van der Waals surface area contributed by atoms with Crippen LogP contribution in [0.25, 0.3) is 0 Å². The molecule has 2 rings (SSSR count). The molecular formula is C11H22O3Si. The third kappa shape index (κ3) is 3.03. The van der Waals surface area contributed by atoms with Gasteiger partial charge < -0.3 is 13.9 Å². The molecule has 2 fully saturated rings. The standard InChI is InChI=1S/C11H22O3Si/c1-2-3-14-15-8-11(9-4-12-5-9)10-6-13-7-10/h9-11H,2-8,15H2,1H3. The fourth-order valence-corrected chi connectivity index (χ4v) is 4.20. The van der Waals surface area contributed by atoms with Gasteiger partial charge in [-0.05, 0) is 18.4 Å². The molecule has 4 heteroatoms. The summed E-state index contributed by atoms with van der Waals surface area (Å²) in [5.74, 6) is 2.43. The minimum Gasteiger partial charge on any atom is -0.424 e. The lowest BCUT2D eigenvalue weighted by molar-refractivity contribution is -0.123. The average molecular weight is 230 g/mol. The van der Waals surface area contributed by atoms with E-state index in [4.69, 9.17) is 13.9 Å². The monoisotopic (exact) mass is 230 g/mol. The first-order valence-electron chi connectivity index (χ1n) is 6.15. The van der Waals surface area contributed by atoms with Gasteiger partial charge in [-0.1, -0.05) is 6.92 Å². The zero-order valence-electron chi connectivity index (χ0n) is 9.61. The van der Waals surface area contributed by atoms with Crippen LogP contribution in [0.5, 0.6) is 0 Å². The molecule has 15 heavy (non-hydrogen) atoms. The Hall–Kier alpha value is 0.0969. The predicted molar refractivity (Wildman–Crippen MR) is 61.7 cm³/mol. The van der Waals surface area contributed by atoms with Crippen molar-refractivity contribution in [2.24, 2.45) is 17.8 Å². The van der Waals surface area contributed by atoms with Gasteiger partial charge in [-0.25, -0.2) is 0 Å². The molecule has 3 nitrogen and oxygen atoms in total. The van der Waals surface area contributed by atoms with Gasteiger partial charge in [0.25, 0.3) is 0 Å². The molecule has 2 aliphatic heterocycles. The lowest BCUT2D eigenvalue weighted by Crippen LogP contribution is -2.45. The highest BCUT2D eigenvalue weighted by Gasteiger charge is 2.37. The molecule has 0 bridgehead atoms. The second-order valence-corrected chi connectivity index (χ2v) is 6.05. The van der Waals surface area contributed by atoms with Crippen LogP contribution in [0.1, 0.15) is 13.3 Å². The molecule has 0 spiro atoms. The molecular weight excluding hydrogens is 208 g/mol. The average Bonchev–Trinajstić information content (AvgIpc) is 2.06. The Morgan fingerprint density at radius 1 is 1.20 bits per heavy atom. The van der Waals surface area contributed by atoms with Crippen LogP contribution in [0.4, 0.5) is 0 Å². The van der Waals surface area contributed by atoms with Gasteiger partial charge in [0, 0.05) is 18.4 Å². The lowest BCUT2D eigenvalue weighted by atomic mass is 9.80. The van der Waals surface area contributed by atoms with Crippen molar-refractivity contribution in [2.75, 3.05) is 33.0 Å². The van der Waals surface area contributed by atoms with Gasteiger partial charge in [0.2, 0.25) is 0 Å². The molecule has 0 atom stereocenters. The van der Waals surface area contributed by atoms with Crippen LogP contribution in [-0.4, -0.2) is 42.8 Å². The predicted octanol–water partition coefficient (Wildman–Crippen LogP) is 0.824. The summed E-state index contributed by atoms with van der Waals surface area (Å²) in [6, 6.07) is 1.32. The molecule has 0 aliphatic carbocycles. The van der Waals surface area contributed by atoms with Crippen molar-refractivity contribution in [3.63, 3.8) is 0 Å². The summed E-state index contributed by atoms with van der Waals surface area (Å²) >= 11 is 0. The van der Waals surface area contributed by atoms with E-state index in [-0.39, 0.29) is 9.76 Å². The smallest absolute Gasteiger partial charge is 0.161 e. The van der Waals surface area contributed by atoms with E-state index in [0.29, 0.717) is 0 Å². The highest BCUT2D eigenvalue weighted by molar-refractivity contribution is 6.27. The van der Waals surface area contributed by atoms with Crippen molar-refractivity contribution in [2.45, 2.75) is 19.4 Å². The lowest BCUT2D eigenvalue weighted by Gasteiger charge is -2.42. The van der Waals surface area contributed by atoms with E-state index in [2.05, 4.69) is 6.92 Å². The third-order valence-corrected chi connectivity index (χ3v) is 4.96. The van der Waals surface area contributed by atoms with Crippen LogP contribution in [-0.2, 0) is 13.9 Å². The van der Waals surface area contributed by atoms with Gasteiger partial charge in [-0.2, -0.15) is 0 Å². The Kier molecular flexibility index (Phi) is 4.62. The highest BCUT2D eigenvalue weighted by Crippen LogP contribution is 2.34. The number of rotatable bonds is 7. The Bertz CT molecular complexity index is 167. The molecule has 0 aromatic carbocycles. The van der Waals surface area contributed by atoms with Crippen LogP contribution in [0.15, 0.2) is 0 Å². The SMILES string of the molecule is CCCO[SiH2]CC(C1COC1)C1COC1. The third-order valence-electron chi connectivity index (χ3n) is 3.48. The summed E-state index contributed by atoms with van der Waals surface area (Å²) < 4.78 is 16.3. The molecule has 0 aromatic rings. The van der Waals surface area contributed by atoms with E-state index in [1.165, 1.54) is 6.04 Å². The van der Waals surface area contributed by atoms with Gasteiger partial charge >= 0.3 is 0 Å². The van der Waals surface area contributed by atoms with E-state index in [1.54, 1.807) is 0 Å². The van der Waals surface area contributed by atoms with Crippen LogP contribution in [0, 0.1) is 17.8 Å². The fraction of sp³-hybridized carbons (Fsp3) is 1.00. The molecule has 2 aliphatic rings. The quantitative estimate of drug-likeness (QED) is 0.479. The summed E-state index contributed by atoms with van der Waals surface area (Å²) in [4.78, 5) is 0. The second-order valence-electron chi connectivity index (χ2n) is 4.66. The second kappa shape index (κ2) is 5.99. The van der Waals surface area contributed by atoms with Gasteiger partial charge in [-0.3, -0.25) is 0 Å². The van der Waals surface area contributed by atoms with E-state index in [1.807, 2.05) is 0 Å². The van der Waals surface area contributed by atoms with Crippen molar-refractivity contribution in [1.29, 1.82) is 0 Å². The molecule has 0 saturated carbocycles. The Morgan fingerprint density at radius 3 is 2.20 bits per heavy atom.